The zero-order valence-corrected chi connectivity index (χ0v) is 11.7. The quantitative estimate of drug-likeness (QED) is 0.636. The maximum atomic E-state index is 12.0. The summed E-state index contributed by atoms with van der Waals surface area (Å²) in [4.78, 5) is 12.0. The van der Waals surface area contributed by atoms with Crippen molar-refractivity contribution >= 4 is 5.91 Å². The van der Waals surface area contributed by atoms with Crippen LogP contribution in [0.1, 0.15) is 22.8 Å². The van der Waals surface area contributed by atoms with Crippen molar-refractivity contribution < 1.29 is 14.6 Å². The van der Waals surface area contributed by atoms with Crippen LogP contribution in [0.25, 0.3) is 0 Å². The molecular weight excluding hydrogens is 244 g/mol. The van der Waals surface area contributed by atoms with E-state index in [-0.39, 0.29) is 12.0 Å². The Balaban J connectivity index is 2.47. The van der Waals surface area contributed by atoms with E-state index in [1.807, 2.05) is 13.0 Å². The first-order valence-electron chi connectivity index (χ1n) is 6.36. The van der Waals surface area contributed by atoms with Crippen molar-refractivity contribution in [3.63, 3.8) is 0 Å². The Hall–Kier alpha value is -1.59. The summed E-state index contributed by atoms with van der Waals surface area (Å²) >= 11 is 0. The summed E-state index contributed by atoms with van der Waals surface area (Å²) < 4.78 is 5.17. The molecule has 1 rings (SSSR count). The van der Waals surface area contributed by atoms with Gasteiger partial charge in [-0.25, -0.2) is 0 Å². The monoisotopic (exact) mass is 266 g/mol. The lowest BCUT2D eigenvalue weighted by atomic mass is 10.1. The van der Waals surface area contributed by atoms with Crippen molar-refractivity contribution in [2.24, 2.45) is 0 Å². The molecule has 0 heterocycles. The Morgan fingerprint density at radius 2 is 2.16 bits per heavy atom. The molecule has 0 spiro atoms. The minimum atomic E-state index is -0.382. The molecule has 1 aromatic rings. The van der Waals surface area contributed by atoms with Crippen LogP contribution in [0.4, 0.5) is 0 Å². The Bertz CT molecular complexity index is 419. The van der Waals surface area contributed by atoms with Crippen LogP contribution in [0.5, 0.6) is 5.75 Å². The normalized spacial score (nSPS) is 12.0. The van der Waals surface area contributed by atoms with Crippen molar-refractivity contribution in [3.05, 3.63) is 29.3 Å². The third kappa shape index (κ3) is 5.28. The lowest BCUT2D eigenvalue weighted by Gasteiger charge is -2.11. The lowest BCUT2D eigenvalue weighted by molar-refractivity contribution is 0.0950. The van der Waals surface area contributed by atoms with E-state index >= 15 is 0 Å². The number of benzene rings is 1. The van der Waals surface area contributed by atoms with Crippen LogP contribution in [0.15, 0.2) is 18.2 Å². The molecule has 0 bridgehead atoms. The van der Waals surface area contributed by atoms with Gasteiger partial charge in [-0.05, 0) is 26.0 Å². The molecule has 1 unspecified atom stereocenters. The van der Waals surface area contributed by atoms with Gasteiger partial charge in [0.15, 0.2) is 0 Å². The van der Waals surface area contributed by atoms with Gasteiger partial charge in [-0.1, -0.05) is 11.6 Å². The fourth-order valence-electron chi connectivity index (χ4n) is 1.67. The molecule has 1 atom stereocenters. The molecular formula is C14H22N2O3. The molecule has 0 aliphatic heterocycles. The van der Waals surface area contributed by atoms with Crippen molar-refractivity contribution in [3.8, 4) is 5.75 Å². The number of hydrogen-bond acceptors (Lipinski definition) is 4. The number of methoxy groups -OCH3 is 1. The first-order valence-corrected chi connectivity index (χ1v) is 6.36. The second-order valence-electron chi connectivity index (χ2n) is 4.51. The molecule has 1 aromatic carbocycles. The van der Waals surface area contributed by atoms with Crippen LogP contribution in [-0.2, 0) is 0 Å². The van der Waals surface area contributed by atoms with Gasteiger partial charge >= 0.3 is 0 Å². The van der Waals surface area contributed by atoms with Gasteiger partial charge in [-0.3, -0.25) is 4.79 Å². The van der Waals surface area contributed by atoms with Crippen LogP contribution >= 0.6 is 0 Å². The summed E-state index contributed by atoms with van der Waals surface area (Å²) in [6.07, 6.45) is -0.382. The second-order valence-corrected chi connectivity index (χ2v) is 4.51. The highest BCUT2D eigenvalue weighted by Gasteiger charge is 2.11. The second kappa shape index (κ2) is 7.76. The van der Waals surface area contributed by atoms with E-state index in [0.717, 1.165) is 5.56 Å². The van der Waals surface area contributed by atoms with Crippen molar-refractivity contribution in [1.82, 2.24) is 10.6 Å². The third-order valence-electron chi connectivity index (χ3n) is 2.63. The highest BCUT2D eigenvalue weighted by Crippen LogP contribution is 2.19. The molecule has 0 fully saturated rings. The van der Waals surface area contributed by atoms with Gasteiger partial charge in [0.2, 0.25) is 0 Å². The van der Waals surface area contributed by atoms with Crippen LogP contribution in [0, 0.1) is 6.92 Å². The van der Waals surface area contributed by atoms with E-state index in [4.69, 9.17) is 9.84 Å². The van der Waals surface area contributed by atoms with Gasteiger partial charge in [0.25, 0.3) is 5.91 Å². The Kier molecular flexibility index (Phi) is 6.32. The molecule has 106 valence electrons. The molecule has 0 aromatic heterocycles. The largest absolute Gasteiger partial charge is 0.496 e. The van der Waals surface area contributed by atoms with Crippen LogP contribution in [0.3, 0.4) is 0 Å². The first-order chi connectivity index (χ1) is 9.04. The topological polar surface area (TPSA) is 70.6 Å². The molecule has 0 radical (unpaired) electrons. The van der Waals surface area contributed by atoms with Crippen LogP contribution in [0.2, 0.25) is 0 Å². The Morgan fingerprint density at radius 1 is 1.42 bits per heavy atom. The number of ether oxygens (including phenoxy) is 1. The van der Waals surface area contributed by atoms with Gasteiger partial charge in [0.1, 0.15) is 5.75 Å². The average Bonchev–Trinajstić information content (AvgIpc) is 2.37. The van der Waals surface area contributed by atoms with E-state index in [0.29, 0.717) is 30.9 Å². The number of carbonyl (C=O) groups is 1. The molecule has 0 saturated heterocycles. The van der Waals surface area contributed by atoms with Crippen LogP contribution < -0.4 is 15.4 Å². The zero-order valence-electron chi connectivity index (χ0n) is 11.7. The van der Waals surface area contributed by atoms with E-state index in [1.54, 1.807) is 26.2 Å². The number of rotatable bonds is 7. The summed E-state index contributed by atoms with van der Waals surface area (Å²) in [5, 5.41) is 14.9. The van der Waals surface area contributed by atoms with Gasteiger partial charge in [-0.15, -0.1) is 0 Å². The molecule has 1 amide bonds. The zero-order chi connectivity index (χ0) is 14.3. The standard InChI is InChI=1S/C14H22N2O3/c1-10-4-5-13(19-3)12(8-10)14(18)16-7-6-15-9-11(2)17/h4-5,8,11,15,17H,6-7,9H2,1-3H3,(H,16,18). The van der Waals surface area contributed by atoms with Crippen LogP contribution in [-0.4, -0.2) is 43.9 Å². The number of amides is 1. The predicted molar refractivity (Wildman–Crippen MR) is 74.6 cm³/mol. The lowest BCUT2D eigenvalue weighted by Crippen LogP contribution is -2.34. The number of carbonyl (C=O) groups excluding carboxylic acids is 1. The minimum Gasteiger partial charge on any atom is -0.496 e. The van der Waals surface area contributed by atoms with Gasteiger partial charge in [0.05, 0.1) is 18.8 Å². The summed E-state index contributed by atoms with van der Waals surface area (Å²) in [6, 6.07) is 5.49. The maximum absolute atomic E-state index is 12.0. The maximum Gasteiger partial charge on any atom is 0.255 e. The van der Waals surface area contributed by atoms with Crippen molar-refractivity contribution in [2.45, 2.75) is 20.0 Å². The van der Waals surface area contributed by atoms with Gasteiger partial charge < -0.3 is 20.5 Å². The highest BCUT2D eigenvalue weighted by molar-refractivity contribution is 5.97. The molecule has 5 nitrogen and oxygen atoms in total. The van der Waals surface area contributed by atoms with E-state index in [9.17, 15) is 4.79 Å². The minimum absolute atomic E-state index is 0.153. The highest BCUT2D eigenvalue weighted by atomic mass is 16.5. The molecule has 0 aliphatic rings. The molecule has 0 saturated carbocycles. The fourth-order valence-corrected chi connectivity index (χ4v) is 1.67. The average molecular weight is 266 g/mol. The number of aryl methyl sites for hydroxylation is 1. The summed E-state index contributed by atoms with van der Waals surface area (Å²) in [5.74, 6) is 0.416. The molecule has 19 heavy (non-hydrogen) atoms. The fraction of sp³-hybridized carbons (Fsp3) is 0.500. The van der Waals surface area contributed by atoms with E-state index in [1.165, 1.54) is 0 Å². The summed E-state index contributed by atoms with van der Waals surface area (Å²) in [7, 11) is 1.55. The molecule has 3 N–H and O–H groups in total. The Labute approximate surface area is 114 Å². The summed E-state index contributed by atoms with van der Waals surface area (Å²) in [5.41, 5.74) is 1.55. The number of nitrogens with one attached hydrogen (secondary N) is 2. The van der Waals surface area contributed by atoms with Crippen molar-refractivity contribution in [2.75, 3.05) is 26.7 Å². The SMILES string of the molecule is COc1ccc(C)cc1C(=O)NCCNCC(C)O. The smallest absolute Gasteiger partial charge is 0.255 e. The van der Waals surface area contributed by atoms with Gasteiger partial charge in [-0.2, -0.15) is 0 Å². The molecule has 0 aliphatic carbocycles. The molecule has 5 heteroatoms. The van der Waals surface area contributed by atoms with E-state index < -0.39 is 0 Å². The third-order valence-corrected chi connectivity index (χ3v) is 2.63. The predicted octanol–water partition coefficient (Wildman–Crippen LogP) is 0.704. The number of aliphatic hydroxyl groups is 1. The number of aliphatic hydroxyl groups excluding tert-OH is 1. The Morgan fingerprint density at radius 3 is 2.79 bits per heavy atom. The van der Waals surface area contributed by atoms with Gasteiger partial charge in [0, 0.05) is 19.6 Å². The first kappa shape index (κ1) is 15.5. The summed E-state index contributed by atoms with van der Waals surface area (Å²) in [6.45, 7) is 5.28. The van der Waals surface area contributed by atoms with E-state index in [2.05, 4.69) is 10.6 Å². The number of hydrogen-bond donors (Lipinski definition) is 3. The van der Waals surface area contributed by atoms with Crippen molar-refractivity contribution in [1.29, 1.82) is 0 Å².